The molecule has 0 saturated carbocycles. The molecule has 86 valence electrons. The molecule has 0 aromatic heterocycles. The fourth-order valence-corrected chi connectivity index (χ4v) is 1.42. The largest absolute Gasteiger partial charge is 0.497 e. The van der Waals surface area contributed by atoms with Crippen molar-refractivity contribution in [2.24, 2.45) is 0 Å². The molecule has 0 aromatic carbocycles. The van der Waals surface area contributed by atoms with E-state index in [1.165, 1.54) is 0 Å². The van der Waals surface area contributed by atoms with Crippen LogP contribution < -0.4 is 0 Å². The molecule has 0 aliphatic carbocycles. The molecule has 0 saturated heterocycles. The second-order valence-electron chi connectivity index (χ2n) is 4.79. The van der Waals surface area contributed by atoms with E-state index in [0.29, 0.717) is 6.61 Å². The summed E-state index contributed by atoms with van der Waals surface area (Å²) in [6.45, 7) is 9.84. The first-order valence-electron chi connectivity index (χ1n) is 5.12. The maximum Gasteiger partial charge on any atom is 0.415 e. The summed E-state index contributed by atoms with van der Waals surface area (Å²) in [4.78, 5) is 13.5. The number of allylic oxidation sites excluding steroid dienone is 1. The fraction of sp³-hybridized carbons (Fsp3) is 0.727. The second kappa shape index (κ2) is 4.13. The van der Waals surface area contributed by atoms with Crippen LogP contribution >= 0.6 is 0 Å². The lowest BCUT2D eigenvalue weighted by atomic mass is 10.2. The molecular weight excluding hydrogens is 194 g/mol. The molecule has 0 N–H and O–H groups in total. The van der Waals surface area contributed by atoms with Crippen LogP contribution in [0, 0.1) is 0 Å². The minimum absolute atomic E-state index is 0.0184. The van der Waals surface area contributed by atoms with Crippen molar-refractivity contribution < 1.29 is 14.3 Å². The van der Waals surface area contributed by atoms with E-state index in [1.54, 1.807) is 11.2 Å². The van der Waals surface area contributed by atoms with Crippen LogP contribution in [0.3, 0.4) is 0 Å². The van der Waals surface area contributed by atoms with Gasteiger partial charge in [0.05, 0.1) is 11.7 Å². The summed E-state index contributed by atoms with van der Waals surface area (Å²) >= 11 is 0. The number of hydrogen-bond donors (Lipinski definition) is 0. The van der Waals surface area contributed by atoms with Gasteiger partial charge in [0.15, 0.2) is 0 Å². The van der Waals surface area contributed by atoms with E-state index < -0.39 is 5.60 Å². The number of ether oxygens (including phenoxy) is 2. The molecule has 1 atom stereocenters. The van der Waals surface area contributed by atoms with Gasteiger partial charge in [-0.3, -0.25) is 4.90 Å². The van der Waals surface area contributed by atoms with Gasteiger partial charge in [-0.05, 0) is 34.6 Å². The molecule has 1 amide bonds. The lowest BCUT2D eigenvalue weighted by molar-refractivity contribution is 0.0123. The highest BCUT2D eigenvalue weighted by Gasteiger charge is 2.29. The first kappa shape index (κ1) is 11.9. The topological polar surface area (TPSA) is 38.8 Å². The Balaban J connectivity index is 2.73. The van der Waals surface area contributed by atoms with Crippen LogP contribution in [0.5, 0.6) is 0 Å². The highest BCUT2D eigenvalue weighted by atomic mass is 16.6. The average Bonchev–Trinajstić information content (AvgIpc) is 1.99. The molecule has 0 unspecified atom stereocenters. The standard InChI is InChI=1S/C11H19NO3/c1-8-6-14-7-9(2)12(8)10(13)15-11(3,4)5/h6,9H,7H2,1-5H3/t9-/m1/s1. The van der Waals surface area contributed by atoms with E-state index in [2.05, 4.69) is 0 Å². The number of rotatable bonds is 0. The monoisotopic (exact) mass is 213 g/mol. The zero-order valence-corrected chi connectivity index (χ0v) is 10.0. The minimum atomic E-state index is -0.463. The second-order valence-corrected chi connectivity index (χ2v) is 4.79. The van der Waals surface area contributed by atoms with Gasteiger partial charge in [0, 0.05) is 0 Å². The molecule has 1 aliphatic rings. The zero-order chi connectivity index (χ0) is 11.6. The lowest BCUT2D eigenvalue weighted by Crippen LogP contribution is -2.44. The third-order valence-corrected chi connectivity index (χ3v) is 2.00. The van der Waals surface area contributed by atoms with Gasteiger partial charge in [-0.25, -0.2) is 4.79 Å². The van der Waals surface area contributed by atoms with Gasteiger partial charge in [-0.2, -0.15) is 0 Å². The Morgan fingerprint density at radius 3 is 2.67 bits per heavy atom. The van der Waals surface area contributed by atoms with E-state index in [-0.39, 0.29) is 12.1 Å². The number of carbonyl (C=O) groups excluding carboxylic acids is 1. The molecule has 1 heterocycles. The van der Waals surface area contributed by atoms with Crippen LogP contribution in [0.25, 0.3) is 0 Å². The Hall–Kier alpha value is -1.19. The number of hydrogen-bond acceptors (Lipinski definition) is 3. The third kappa shape index (κ3) is 3.15. The minimum Gasteiger partial charge on any atom is -0.497 e. The Morgan fingerprint density at radius 2 is 2.20 bits per heavy atom. The maximum atomic E-state index is 11.8. The van der Waals surface area contributed by atoms with Gasteiger partial charge in [0.2, 0.25) is 0 Å². The Bertz CT molecular complexity index is 278. The normalized spacial score (nSPS) is 21.8. The van der Waals surface area contributed by atoms with E-state index in [0.717, 1.165) is 5.70 Å². The molecule has 15 heavy (non-hydrogen) atoms. The van der Waals surface area contributed by atoms with Crippen LogP contribution in [0.4, 0.5) is 4.79 Å². The molecule has 4 nitrogen and oxygen atoms in total. The van der Waals surface area contributed by atoms with Crippen LogP contribution in [-0.4, -0.2) is 29.2 Å². The number of carbonyl (C=O) groups is 1. The summed E-state index contributed by atoms with van der Waals surface area (Å²) in [7, 11) is 0. The molecule has 0 spiro atoms. The molecule has 0 radical (unpaired) electrons. The van der Waals surface area contributed by atoms with Crippen molar-refractivity contribution in [3.05, 3.63) is 12.0 Å². The van der Waals surface area contributed by atoms with Gasteiger partial charge in [0.25, 0.3) is 0 Å². The summed E-state index contributed by atoms with van der Waals surface area (Å²) in [6, 6.07) is 0.0184. The zero-order valence-electron chi connectivity index (χ0n) is 10.0. The van der Waals surface area contributed by atoms with Crippen molar-refractivity contribution in [2.75, 3.05) is 6.61 Å². The molecule has 0 aromatic rings. The Labute approximate surface area is 90.8 Å². The Morgan fingerprint density at radius 1 is 1.60 bits per heavy atom. The smallest absolute Gasteiger partial charge is 0.415 e. The molecule has 0 bridgehead atoms. The van der Waals surface area contributed by atoms with Crippen LogP contribution in [0.1, 0.15) is 34.6 Å². The lowest BCUT2D eigenvalue weighted by Gasteiger charge is -2.34. The first-order chi connectivity index (χ1) is 6.81. The summed E-state index contributed by atoms with van der Waals surface area (Å²) in [6.07, 6.45) is 1.27. The van der Waals surface area contributed by atoms with E-state index in [4.69, 9.17) is 9.47 Å². The molecular formula is C11H19NO3. The molecule has 1 aliphatic heterocycles. The number of amides is 1. The first-order valence-corrected chi connectivity index (χ1v) is 5.12. The SMILES string of the molecule is CC1=COC[C@@H](C)N1C(=O)OC(C)(C)C. The average molecular weight is 213 g/mol. The van der Waals surface area contributed by atoms with Gasteiger partial charge in [-0.15, -0.1) is 0 Å². The van der Waals surface area contributed by atoms with Crippen LogP contribution in [0.2, 0.25) is 0 Å². The molecule has 4 heteroatoms. The van der Waals surface area contributed by atoms with Gasteiger partial charge in [0.1, 0.15) is 18.5 Å². The van der Waals surface area contributed by atoms with Crippen molar-refractivity contribution in [1.29, 1.82) is 0 Å². The van der Waals surface area contributed by atoms with Crippen LogP contribution in [-0.2, 0) is 9.47 Å². The number of nitrogens with zero attached hydrogens (tertiary/aromatic N) is 1. The highest BCUT2D eigenvalue weighted by molar-refractivity contribution is 5.70. The van der Waals surface area contributed by atoms with Gasteiger partial charge < -0.3 is 9.47 Å². The van der Waals surface area contributed by atoms with Crippen LogP contribution in [0.15, 0.2) is 12.0 Å². The van der Waals surface area contributed by atoms with E-state index in [1.807, 2.05) is 34.6 Å². The van der Waals surface area contributed by atoms with Gasteiger partial charge in [-0.1, -0.05) is 0 Å². The van der Waals surface area contributed by atoms with Crippen molar-refractivity contribution in [2.45, 2.75) is 46.3 Å². The van der Waals surface area contributed by atoms with E-state index >= 15 is 0 Å². The summed E-state index contributed by atoms with van der Waals surface area (Å²) in [5.41, 5.74) is 0.318. The fourth-order valence-electron chi connectivity index (χ4n) is 1.42. The molecule has 0 fully saturated rings. The van der Waals surface area contributed by atoms with Crippen molar-refractivity contribution in [3.63, 3.8) is 0 Å². The van der Waals surface area contributed by atoms with Crippen molar-refractivity contribution in [1.82, 2.24) is 4.90 Å². The van der Waals surface area contributed by atoms with E-state index in [9.17, 15) is 4.79 Å². The Kier molecular flexibility index (Phi) is 3.27. The summed E-state index contributed by atoms with van der Waals surface area (Å²) in [5.74, 6) is 0. The summed E-state index contributed by atoms with van der Waals surface area (Å²) in [5, 5.41) is 0. The van der Waals surface area contributed by atoms with Gasteiger partial charge >= 0.3 is 6.09 Å². The predicted octanol–water partition coefficient (Wildman–Crippen LogP) is 2.50. The van der Waals surface area contributed by atoms with Crippen molar-refractivity contribution in [3.8, 4) is 0 Å². The maximum absolute atomic E-state index is 11.8. The predicted molar refractivity (Wildman–Crippen MR) is 57.2 cm³/mol. The quantitative estimate of drug-likeness (QED) is 0.620. The summed E-state index contributed by atoms with van der Waals surface area (Å²) < 4.78 is 10.5. The highest BCUT2D eigenvalue weighted by Crippen LogP contribution is 2.19. The molecule has 1 rings (SSSR count). The van der Waals surface area contributed by atoms with Crippen molar-refractivity contribution >= 4 is 6.09 Å². The third-order valence-electron chi connectivity index (χ3n) is 2.00.